The van der Waals surface area contributed by atoms with E-state index in [4.69, 9.17) is 0 Å². The highest BCUT2D eigenvalue weighted by Crippen LogP contribution is 2.23. The molecule has 1 aromatic carbocycles. The molecule has 0 bridgehead atoms. The Balaban J connectivity index is 2.80. The van der Waals surface area contributed by atoms with Gasteiger partial charge in [0.1, 0.15) is 5.75 Å². The zero-order chi connectivity index (χ0) is 13.8. The standard InChI is InChI=1S/C15H25NO2/c1-5-15(6-2,10-17)16-9-13-7-11(3)14(18)12(4)8-13/h7-8,16-18H,5-6,9-10H2,1-4H3. The molecule has 0 fully saturated rings. The maximum absolute atomic E-state index is 9.74. The average molecular weight is 251 g/mol. The number of aryl methyl sites for hydroxylation is 2. The molecule has 0 aliphatic heterocycles. The zero-order valence-electron chi connectivity index (χ0n) is 11.9. The first kappa shape index (κ1) is 15.0. The fourth-order valence-electron chi connectivity index (χ4n) is 2.22. The van der Waals surface area contributed by atoms with Gasteiger partial charge in [0.2, 0.25) is 0 Å². The fourth-order valence-corrected chi connectivity index (χ4v) is 2.22. The largest absolute Gasteiger partial charge is 0.507 e. The molecule has 0 aromatic heterocycles. The molecule has 0 aliphatic rings. The zero-order valence-corrected chi connectivity index (χ0v) is 11.9. The second kappa shape index (κ2) is 6.21. The van der Waals surface area contributed by atoms with E-state index in [0.29, 0.717) is 12.3 Å². The number of benzene rings is 1. The molecule has 3 N–H and O–H groups in total. The summed E-state index contributed by atoms with van der Waals surface area (Å²) >= 11 is 0. The van der Waals surface area contributed by atoms with Crippen molar-refractivity contribution in [2.45, 2.75) is 52.6 Å². The third-order valence-electron chi connectivity index (χ3n) is 3.87. The molecule has 0 aliphatic carbocycles. The Hall–Kier alpha value is -1.06. The summed E-state index contributed by atoms with van der Waals surface area (Å²) in [6.07, 6.45) is 1.80. The lowest BCUT2D eigenvalue weighted by Crippen LogP contribution is -2.47. The van der Waals surface area contributed by atoms with Crippen LogP contribution in [0.25, 0.3) is 0 Å². The van der Waals surface area contributed by atoms with Gasteiger partial charge in [-0.3, -0.25) is 0 Å². The lowest BCUT2D eigenvalue weighted by atomic mass is 9.93. The van der Waals surface area contributed by atoms with Crippen LogP contribution < -0.4 is 5.32 Å². The maximum Gasteiger partial charge on any atom is 0.121 e. The Morgan fingerprint density at radius 3 is 2.00 bits per heavy atom. The fraction of sp³-hybridized carbons (Fsp3) is 0.600. The van der Waals surface area contributed by atoms with Gasteiger partial charge in [-0.2, -0.15) is 0 Å². The van der Waals surface area contributed by atoms with Gasteiger partial charge in [0, 0.05) is 12.1 Å². The maximum atomic E-state index is 9.74. The minimum absolute atomic E-state index is 0.149. The molecular weight excluding hydrogens is 226 g/mol. The molecule has 0 saturated heterocycles. The van der Waals surface area contributed by atoms with Gasteiger partial charge >= 0.3 is 0 Å². The topological polar surface area (TPSA) is 52.5 Å². The number of nitrogens with one attached hydrogen (secondary N) is 1. The number of aliphatic hydroxyl groups is 1. The van der Waals surface area contributed by atoms with E-state index in [1.165, 1.54) is 0 Å². The molecule has 1 rings (SSSR count). The van der Waals surface area contributed by atoms with Crippen molar-refractivity contribution in [2.75, 3.05) is 6.61 Å². The van der Waals surface area contributed by atoms with Gasteiger partial charge in [-0.05, 0) is 43.4 Å². The second-order valence-corrected chi connectivity index (χ2v) is 5.08. The van der Waals surface area contributed by atoms with Crippen molar-refractivity contribution in [3.63, 3.8) is 0 Å². The van der Waals surface area contributed by atoms with Crippen molar-refractivity contribution < 1.29 is 10.2 Å². The van der Waals surface area contributed by atoms with Crippen molar-refractivity contribution in [1.82, 2.24) is 5.32 Å². The summed E-state index contributed by atoms with van der Waals surface area (Å²) in [5.41, 5.74) is 2.74. The predicted molar refractivity (Wildman–Crippen MR) is 74.8 cm³/mol. The highest BCUT2D eigenvalue weighted by molar-refractivity contribution is 5.42. The quantitative estimate of drug-likeness (QED) is 0.728. The monoisotopic (exact) mass is 251 g/mol. The number of hydrogen-bond acceptors (Lipinski definition) is 3. The molecule has 0 spiro atoms. The first-order valence-corrected chi connectivity index (χ1v) is 6.63. The Kier molecular flexibility index (Phi) is 5.17. The summed E-state index contributed by atoms with van der Waals surface area (Å²) in [5, 5.41) is 22.7. The predicted octanol–water partition coefficient (Wildman–Crippen LogP) is 2.65. The highest BCUT2D eigenvalue weighted by Gasteiger charge is 2.24. The van der Waals surface area contributed by atoms with Gasteiger partial charge in [-0.25, -0.2) is 0 Å². The Labute approximate surface area is 110 Å². The van der Waals surface area contributed by atoms with Crippen LogP contribution in [-0.4, -0.2) is 22.4 Å². The first-order chi connectivity index (χ1) is 8.48. The van der Waals surface area contributed by atoms with Crippen LogP contribution in [0.1, 0.15) is 43.4 Å². The van der Waals surface area contributed by atoms with E-state index in [2.05, 4.69) is 19.2 Å². The number of hydrogen-bond donors (Lipinski definition) is 3. The molecule has 0 unspecified atom stereocenters. The van der Waals surface area contributed by atoms with Crippen LogP contribution in [-0.2, 0) is 6.54 Å². The number of aromatic hydroxyl groups is 1. The Bertz CT molecular complexity index is 366. The Morgan fingerprint density at radius 1 is 1.11 bits per heavy atom. The van der Waals surface area contributed by atoms with Crippen molar-refractivity contribution in [2.24, 2.45) is 0 Å². The second-order valence-electron chi connectivity index (χ2n) is 5.08. The minimum Gasteiger partial charge on any atom is -0.507 e. The first-order valence-electron chi connectivity index (χ1n) is 6.63. The smallest absolute Gasteiger partial charge is 0.121 e. The normalized spacial score (nSPS) is 11.8. The highest BCUT2D eigenvalue weighted by atomic mass is 16.3. The molecular formula is C15H25NO2. The van der Waals surface area contributed by atoms with Gasteiger partial charge in [-0.1, -0.05) is 26.0 Å². The number of aliphatic hydroxyl groups excluding tert-OH is 1. The number of phenolic OH excluding ortho intramolecular Hbond substituents is 1. The van der Waals surface area contributed by atoms with E-state index < -0.39 is 0 Å². The van der Waals surface area contributed by atoms with Crippen LogP contribution in [0.15, 0.2) is 12.1 Å². The van der Waals surface area contributed by atoms with E-state index in [9.17, 15) is 10.2 Å². The molecule has 0 amide bonds. The SMILES string of the molecule is CCC(CC)(CO)NCc1cc(C)c(O)c(C)c1. The van der Waals surface area contributed by atoms with Crippen molar-refractivity contribution in [3.05, 3.63) is 28.8 Å². The van der Waals surface area contributed by atoms with E-state index >= 15 is 0 Å². The van der Waals surface area contributed by atoms with Crippen LogP contribution >= 0.6 is 0 Å². The molecule has 0 heterocycles. The molecule has 0 radical (unpaired) electrons. The third-order valence-corrected chi connectivity index (χ3v) is 3.87. The molecule has 3 nitrogen and oxygen atoms in total. The van der Waals surface area contributed by atoms with E-state index in [1.54, 1.807) is 0 Å². The van der Waals surface area contributed by atoms with E-state index in [-0.39, 0.29) is 12.1 Å². The number of rotatable bonds is 6. The van der Waals surface area contributed by atoms with Gasteiger partial charge in [0.05, 0.1) is 6.61 Å². The van der Waals surface area contributed by atoms with Crippen molar-refractivity contribution >= 4 is 0 Å². The van der Waals surface area contributed by atoms with Crippen LogP contribution in [0, 0.1) is 13.8 Å². The van der Waals surface area contributed by atoms with Crippen molar-refractivity contribution in [3.8, 4) is 5.75 Å². The summed E-state index contributed by atoms with van der Waals surface area (Å²) in [4.78, 5) is 0. The van der Waals surface area contributed by atoms with Gasteiger partial charge in [0.25, 0.3) is 0 Å². The van der Waals surface area contributed by atoms with Crippen molar-refractivity contribution in [1.29, 1.82) is 0 Å². The van der Waals surface area contributed by atoms with Gasteiger partial charge in [-0.15, -0.1) is 0 Å². The molecule has 1 aromatic rings. The van der Waals surface area contributed by atoms with Crippen LogP contribution in [0.2, 0.25) is 0 Å². The summed E-state index contributed by atoms with van der Waals surface area (Å²) in [6, 6.07) is 3.98. The van der Waals surface area contributed by atoms with Crippen LogP contribution in [0.5, 0.6) is 5.75 Å². The van der Waals surface area contributed by atoms with Gasteiger partial charge < -0.3 is 15.5 Å². The van der Waals surface area contributed by atoms with E-state index in [1.807, 2.05) is 26.0 Å². The van der Waals surface area contributed by atoms with Gasteiger partial charge in [0.15, 0.2) is 0 Å². The molecule has 102 valence electrons. The molecule has 0 saturated carbocycles. The number of phenols is 1. The summed E-state index contributed by atoms with van der Waals surface area (Å²) in [5.74, 6) is 0.373. The summed E-state index contributed by atoms with van der Waals surface area (Å²) in [7, 11) is 0. The Morgan fingerprint density at radius 2 is 1.61 bits per heavy atom. The molecule has 3 heteroatoms. The molecule has 0 atom stereocenters. The average Bonchev–Trinajstić information content (AvgIpc) is 2.38. The summed E-state index contributed by atoms with van der Waals surface area (Å²) < 4.78 is 0. The van der Waals surface area contributed by atoms with Crippen LogP contribution in [0.3, 0.4) is 0 Å². The lowest BCUT2D eigenvalue weighted by molar-refractivity contribution is 0.149. The minimum atomic E-state index is -0.195. The van der Waals surface area contributed by atoms with E-state index in [0.717, 1.165) is 29.5 Å². The third kappa shape index (κ3) is 3.24. The molecule has 18 heavy (non-hydrogen) atoms. The lowest BCUT2D eigenvalue weighted by Gasteiger charge is -2.31. The summed E-state index contributed by atoms with van der Waals surface area (Å²) in [6.45, 7) is 8.84. The van der Waals surface area contributed by atoms with Crippen LogP contribution in [0.4, 0.5) is 0 Å².